The highest BCUT2D eigenvalue weighted by atomic mass is 16.2. The Hall–Kier alpha value is -1.95. The third-order valence-corrected chi connectivity index (χ3v) is 4.25. The van der Waals surface area contributed by atoms with Crippen LogP contribution in [-0.2, 0) is 10.3 Å². The lowest BCUT2D eigenvalue weighted by Crippen LogP contribution is -2.47. The van der Waals surface area contributed by atoms with E-state index in [0.717, 1.165) is 30.7 Å². The van der Waals surface area contributed by atoms with Crippen molar-refractivity contribution in [2.45, 2.75) is 32.2 Å². The van der Waals surface area contributed by atoms with Crippen molar-refractivity contribution in [3.63, 3.8) is 0 Å². The molecule has 1 N–H and O–H groups in total. The molecule has 1 fully saturated rings. The second kappa shape index (κ2) is 6.04. The standard InChI is InChI=1S/C16H23N5O/c1-16(2,15(22)17-9-12-20-10-5-6-11-20)21-18-13-7-3-4-8-14(13)19-21/h3-4,7-8H,5-6,9-12H2,1-2H3,(H,17,22). The van der Waals surface area contributed by atoms with Crippen LogP contribution < -0.4 is 5.32 Å². The molecule has 0 spiro atoms. The SMILES string of the molecule is CC(C)(C(=O)NCCN1CCCC1)n1nc2ccccc2n1. The van der Waals surface area contributed by atoms with E-state index in [-0.39, 0.29) is 5.91 Å². The Morgan fingerprint density at radius 1 is 1.18 bits per heavy atom. The molecule has 6 heteroatoms. The number of hydrogen-bond donors (Lipinski definition) is 1. The van der Waals surface area contributed by atoms with Crippen molar-refractivity contribution < 1.29 is 4.79 Å². The summed E-state index contributed by atoms with van der Waals surface area (Å²) in [5.41, 5.74) is 0.810. The smallest absolute Gasteiger partial charge is 0.249 e. The van der Waals surface area contributed by atoms with Crippen LogP contribution in [0.2, 0.25) is 0 Å². The number of benzene rings is 1. The van der Waals surface area contributed by atoms with Gasteiger partial charge in [-0.25, -0.2) is 0 Å². The van der Waals surface area contributed by atoms with Crippen molar-refractivity contribution in [1.82, 2.24) is 25.2 Å². The Morgan fingerprint density at radius 3 is 2.36 bits per heavy atom. The van der Waals surface area contributed by atoms with Gasteiger partial charge in [-0.05, 0) is 51.9 Å². The molecule has 1 aliphatic heterocycles. The van der Waals surface area contributed by atoms with E-state index in [0.29, 0.717) is 6.54 Å². The molecule has 1 amide bonds. The molecule has 1 saturated heterocycles. The Kier molecular flexibility index (Phi) is 4.11. The van der Waals surface area contributed by atoms with Crippen LogP contribution in [0.1, 0.15) is 26.7 Å². The third-order valence-electron chi connectivity index (χ3n) is 4.25. The summed E-state index contributed by atoms with van der Waals surface area (Å²) in [5.74, 6) is -0.0491. The van der Waals surface area contributed by atoms with Gasteiger partial charge < -0.3 is 10.2 Å². The summed E-state index contributed by atoms with van der Waals surface area (Å²) in [5, 5.41) is 11.9. The highest BCUT2D eigenvalue weighted by Crippen LogP contribution is 2.16. The topological polar surface area (TPSA) is 63.1 Å². The zero-order valence-corrected chi connectivity index (χ0v) is 13.2. The minimum absolute atomic E-state index is 0.0491. The Bertz CT molecular complexity index is 624. The van der Waals surface area contributed by atoms with Crippen molar-refractivity contribution in [2.24, 2.45) is 0 Å². The molecule has 2 aromatic rings. The number of carbonyl (C=O) groups excluding carboxylic acids is 1. The van der Waals surface area contributed by atoms with Gasteiger partial charge in [-0.3, -0.25) is 4.79 Å². The fourth-order valence-electron chi connectivity index (χ4n) is 2.75. The fraction of sp³-hybridized carbons (Fsp3) is 0.562. The monoisotopic (exact) mass is 301 g/mol. The molecular weight excluding hydrogens is 278 g/mol. The zero-order chi connectivity index (χ0) is 15.6. The second-order valence-electron chi connectivity index (χ2n) is 6.34. The fourth-order valence-corrected chi connectivity index (χ4v) is 2.75. The third kappa shape index (κ3) is 2.97. The van der Waals surface area contributed by atoms with E-state index < -0.39 is 5.54 Å². The van der Waals surface area contributed by atoms with E-state index in [1.165, 1.54) is 17.6 Å². The maximum atomic E-state index is 12.5. The van der Waals surface area contributed by atoms with Crippen molar-refractivity contribution in [3.8, 4) is 0 Å². The minimum Gasteiger partial charge on any atom is -0.353 e. The Balaban J connectivity index is 1.64. The molecule has 0 atom stereocenters. The maximum Gasteiger partial charge on any atom is 0.249 e. The molecule has 1 aliphatic rings. The van der Waals surface area contributed by atoms with Crippen molar-refractivity contribution in [2.75, 3.05) is 26.2 Å². The molecule has 0 saturated carbocycles. The van der Waals surface area contributed by atoms with Crippen LogP contribution in [-0.4, -0.2) is 52.0 Å². The van der Waals surface area contributed by atoms with Gasteiger partial charge in [0.25, 0.3) is 0 Å². The van der Waals surface area contributed by atoms with E-state index in [4.69, 9.17) is 0 Å². The van der Waals surface area contributed by atoms with Crippen LogP contribution in [0.15, 0.2) is 24.3 Å². The number of fused-ring (bicyclic) bond motifs is 1. The van der Waals surface area contributed by atoms with Gasteiger partial charge >= 0.3 is 0 Å². The largest absolute Gasteiger partial charge is 0.353 e. The lowest BCUT2D eigenvalue weighted by Gasteiger charge is -2.23. The van der Waals surface area contributed by atoms with Crippen LogP contribution in [0.3, 0.4) is 0 Å². The van der Waals surface area contributed by atoms with Crippen LogP contribution in [0, 0.1) is 0 Å². The normalized spacial score (nSPS) is 16.3. The molecule has 118 valence electrons. The lowest BCUT2D eigenvalue weighted by atomic mass is 10.1. The number of nitrogens with zero attached hydrogens (tertiary/aromatic N) is 4. The number of nitrogens with one attached hydrogen (secondary N) is 1. The number of rotatable bonds is 5. The average Bonchev–Trinajstić information content (AvgIpc) is 3.16. The quantitative estimate of drug-likeness (QED) is 0.906. The van der Waals surface area contributed by atoms with E-state index in [9.17, 15) is 4.79 Å². The lowest BCUT2D eigenvalue weighted by molar-refractivity contribution is -0.129. The molecule has 1 aromatic carbocycles. The van der Waals surface area contributed by atoms with Crippen molar-refractivity contribution in [3.05, 3.63) is 24.3 Å². The van der Waals surface area contributed by atoms with Crippen molar-refractivity contribution >= 4 is 16.9 Å². The number of hydrogen-bond acceptors (Lipinski definition) is 4. The number of likely N-dealkylation sites (tertiary alicyclic amines) is 1. The van der Waals surface area contributed by atoms with Crippen LogP contribution in [0.4, 0.5) is 0 Å². The summed E-state index contributed by atoms with van der Waals surface area (Å²) in [4.78, 5) is 16.4. The van der Waals surface area contributed by atoms with Gasteiger partial charge in [0, 0.05) is 13.1 Å². The number of carbonyl (C=O) groups is 1. The van der Waals surface area contributed by atoms with Crippen LogP contribution in [0.25, 0.3) is 11.0 Å². The first-order chi connectivity index (χ1) is 10.6. The molecule has 0 radical (unpaired) electrons. The first kappa shape index (κ1) is 15.0. The summed E-state index contributed by atoms with van der Waals surface area (Å²) in [7, 11) is 0. The molecular formula is C16H23N5O. The summed E-state index contributed by atoms with van der Waals surface area (Å²) in [6.07, 6.45) is 2.53. The Labute approximate surface area is 130 Å². The first-order valence-corrected chi connectivity index (χ1v) is 7.90. The molecule has 6 nitrogen and oxygen atoms in total. The van der Waals surface area contributed by atoms with Gasteiger partial charge in [-0.1, -0.05) is 12.1 Å². The van der Waals surface area contributed by atoms with Crippen LogP contribution >= 0.6 is 0 Å². The second-order valence-corrected chi connectivity index (χ2v) is 6.34. The number of aromatic nitrogens is 3. The first-order valence-electron chi connectivity index (χ1n) is 7.90. The van der Waals surface area contributed by atoms with E-state index in [2.05, 4.69) is 20.4 Å². The van der Waals surface area contributed by atoms with Gasteiger partial charge in [0.05, 0.1) is 0 Å². The molecule has 0 aliphatic carbocycles. The minimum atomic E-state index is -0.802. The predicted molar refractivity (Wildman–Crippen MR) is 85.5 cm³/mol. The highest BCUT2D eigenvalue weighted by Gasteiger charge is 2.32. The summed E-state index contributed by atoms with van der Waals surface area (Å²) < 4.78 is 0. The predicted octanol–water partition coefficient (Wildman–Crippen LogP) is 1.38. The average molecular weight is 301 g/mol. The summed E-state index contributed by atoms with van der Waals surface area (Å²) in [6.45, 7) is 7.56. The molecule has 0 bridgehead atoms. The summed E-state index contributed by atoms with van der Waals surface area (Å²) >= 11 is 0. The molecule has 2 heterocycles. The highest BCUT2D eigenvalue weighted by molar-refractivity contribution is 5.84. The van der Waals surface area contributed by atoms with Crippen molar-refractivity contribution in [1.29, 1.82) is 0 Å². The van der Waals surface area contributed by atoms with E-state index in [1.54, 1.807) is 0 Å². The van der Waals surface area contributed by atoms with E-state index >= 15 is 0 Å². The van der Waals surface area contributed by atoms with Gasteiger partial charge in [-0.15, -0.1) is 0 Å². The molecule has 22 heavy (non-hydrogen) atoms. The molecule has 3 rings (SSSR count). The van der Waals surface area contributed by atoms with Gasteiger partial charge in [0.2, 0.25) is 5.91 Å². The van der Waals surface area contributed by atoms with Gasteiger partial charge in [-0.2, -0.15) is 15.0 Å². The Morgan fingerprint density at radius 2 is 1.77 bits per heavy atom. The molecule has 0 unspecified atom stereocenters. The van der Waals surface area contributed by atoms with E-state index in [1.807, 2.05) is 38.1 Å². The molecule has 1 aromatic heterocycles. The summed E-state index contributed by atoms with van der Waals surface area (Å²) in [6, 6.07) is 7.65. The number of amides is 1. The van der Waals surface area contributed by atoms with Gasteiger partial charge in [0.15, 0.2) is 5.54 Å². The van der Waals surface area contributed by atoms with Gasteiger partial charge in [0.1, 0.15) is 11.0 Å². The zero-order valence-electron chi connectivity index (χ0n) is 13.2. The maximum absolute atomic E-state index is 12.5. The van der Waals surface area contributed by atoms with Crippen LogP contribution in [0.5, 0.6) is 0 Å².